The Labute approximate surface area is 211 Å². The normalized spacial score (nSPS) is 13.4. The lowest BCUT2D eigenvalue weighted by molar-refractivity contribution is 0.297. The van der Waals surface area contributed by atoms with E-state index in [4.69, 9.17) is 9.73 Å². The first-order valence-electron chi connectivity index (χ1n) is 12.2. The van der Waals surface area contributed by atoms with Gasteiger partial charge in [0.15, 0.2) is 0 Å². The number of ether oxygens (including phenoxy) is 1. The van der Waals surface area contributed by atoms with Gasteiger partial charge in [-0.15, -0.1) is 0 Å². The Balaban J connectivity index is 1.68. The maximum atomic E-state index is 6.48. The molecule has 4 aromatic rings. The van der Waals surface area contributed by atoms with E-state index in [0.29, 0.717) is 15.2 Å². The van der Waals surface area contributed by atoms with E-state index >= 15 is 0 Å². The molecule has 2 unspecified atom stereocenters. The molecule has 0 radical (unpaired) electrons. The zero-order chi connectivity index (χ0) is 24.7. The molecule has 0 amide bonds. The van der Waals surface area contributed by atoms with Crippen molar-refractivity contribution in [2.75, 3.05) is 0 Å². The van der Waals surface area contributed by atoms with Gasteiger partial charge in [0.05, 0.1) is 5.69 Å². The van der Waals surface area contributed by atoms with Crippen molar-refractivity contribution in [3.8, 4) is 5.75 Å². The van der Waals surface area contributed by atoms with Crippen LogP contribution in [0.2, 0.25) is 0 Å². The average molecular weight is 480 g/mol. The quantitative estimate of drug-likeness (QED) is 0.175. The summed E-state index contributed by atoms with van der Waals surface area (Å²) in [7, 11) is 0.584. The minimum absolute atomic E-state index is 0.0561. The molecule has 0 saturated carbocycles. The van der Waals surface area contributed by atoms with E-state index < -0.39 is 0 Å². The molecule has 0 saturated heterocycles. The SMILES string of the molecule is CCC(C)(Pc1c(C)cccc1C=Nc1ccccc1)c1cccc(C)c1OCc1ccccc1. The van der Waals surface area contributed by atoms with Crippen molar-refractivity contribution in [1.82, 2.24) is 0 Å². The summed E-state index contributed by atoms with van der Waals surface area (Å²) in [5.41, 5.74) is 7.10. The van der Waals surface area contributed by atoms with Crippen LogP contribution in [-0.4, -0.2) is 6.21 Å². The number of hydrogen-bond acceptors (Lipinski definition) is 2. The van der Waals surface area contributed by atoms with E-state index in [1.807, 2.05) is 42.6 Å². The Kier molecular flexibility index (Phi) is 8.16. The van der Waals surface area contributed by atoms with Crippen molar-refractivity contribution in [3.05, 3.63) is 125 Å². The summed E-state index contributed by atoms with van der Waals surface area (Å²) in [6.45, 7) is 9.59. The highest BCUT2D eigenvalue weighted by molar-refractivity contribution is 7.49. The van der Waals surface area contributed by atoms with Gasteiger partial charge in [-0.1, -0.05) is 107 Å². The Morgan fingerprint density at radius 1 is 0.800 bits per heavy atom. The van der Waals surface area contributed by atoms with E-state index in [1.54, 1.807) is 0 Å². The monoisotopic (exact) mass is 479 g/mol. The lowest BCUT2D eigenvalue weighted by atomic mass is 9.94. The highest BCUT2D eigenvalue weighted by Gasteiger charge is 2.30. The first-order chi connectivity index (χ1) is 17.0. The molecule has 4 rings (SSSR count). The zero-order valence-electron chi connectivity index (χ0n) is 21.1. The number of benzene rings is 4. The predicted molar refractivity (Wildman–Crippen MR) is 152 cm³/mol. The lowest BCUT2D eigenvalue weighted by Crippen LogP contribution is -2.22. The van der Waals surface area contributed by atoms with Gasteiger partial charge in [-0.2, -0.15) is 0 Å². The van der Waals surface area contributed by atoms with Crippen LogP contribution in [0.1, 0.15) is 48.1 Å². The van der Waals surface area contributed by atoms with Crippen LogP contribution < -0.4 is 10.0 Å². The molecule has 0 spiro atoms. The molecule has 2 atom stereocenters. The van der Waals surface area contributed by atoms with Crippen molar-refractivity contribution in [3.63, 3.8) is 0 Å². The summed E-state index contributed by atoms with van der Waals surface area (Å²) >= 11 is 0. The maximum Gasteiger partial charge on any atom is 0.126 e. The Morgan fingerprint density at radius 2 is 1.46 bits per heavy atom. The van der Waals surface area contributed by atoms with Crippen LogP contribution >= 0.6 is 8.58 Å². The van der Waals surface area contributed by atoms with Crippen LogP contribution in [-0.2, 0) is 11.8 Å². The van der Waals surface area contributed by atoms with Gasteiger partial charge >= 0.3 is 0 Å². The van der Waals surface area contributed by atoms with E-state index in [9.17, 15) is 0 Å². The molecule has 0 aliphatic carbocycles. The van der Waals surface area contributed by atoms with Crippen LogP contribution in [0.3, 0.4) is 0 Å². The smallest absolute Gasteiger partial charge is 0.126 e. The molecule has 4 aromatic carbocycles. The Morgan fingerprint density at radius 3 is 2.17 bits per heavy atom. The van der Waals surface area contributed by atoms with Gasteiger partial charge in [0.2, 0.25) is 0 Å². The Bertz CT molecular complexity index is 1280. The molecule has 0 aliphatic heterocycles. The first-order valence-corrected chi connectivity index (χ1v) is 13.2. The summed E-state index contributed by atoms with van der Waals surface area (Å²) < 4.78 is 6.48. The van der Waals surface area contributed by atoms with Crippen LogP contribution in [0.5, 0.6) is 5.75 Å². The molecule has 0 heterocycles. The minimum Gasteiger partial charge on any atom is -0.488 e. The maximum absolute atomic E-state index is 6.48. The summed E-state index contributed by atoms with van der Waals surface area (Å²) in [6, 6.07) is 33.6. The van der Waals surface area contributed by atoms with Crippen LogP contribution in [0, 0.1) is 13.8 Å². The summed E-state index contributed by atoms with van der Waals surface area (Å²) in [4.78, 5) is 4.76. The summed E-state index contributed by atoms with van der Waals surface area (Å²) in [5, 5.41) is 1.31. The van der Waals surface area contributed by atoms with Crippen molar-refractivity contribution < 1.29 is 4.74 Å². The number of aliphatic imine (C=N–C) groups is 1. The third-order valence-corrected chi connectivity index (χ3v) is 8.66. The van der Waals surface area contributed by atoms with Crippen LogP contribution in [0.15, 0.2) is 102 Å². The molecule has 0 fully saturated rings. The van der Waals surface area contributed by atoms with Crippen LogP contribution in [0.4, 0.5) is 5.69 Å². The number of nitrogens with zero attached hydrogens (tertiary/aromatic N) is 1. The molecule has 0 N–H and O–H groups in total. The Hall–Kier alpha value is -3.22. The van der Waals surface area contributed by atoms with Crippen molar-refractivity contribution in [2.24, 2.45) is 4.99 Å². The molecule has 2 nitrogen and oxygen atoms in total. The fraction of sp³-hybridized carbons (Fsp3) is 0.219. The molecule has 0 aromatic heterocycles. The lowest BCUT2D eigenvalue weighted by Gasteiger charge is -2.33. The highest BCUT2D eigenvalue weighted by Crippen LogP contribution is 2.48. The third kappa shape index (κ3) is 6.08. The molecule has 0 bridgehead atoms. The second-order valence-corrected chi connectivity index (χ2v) is 11.0. The molecular formula is C32H34NOP. The van der Waals surface area contributed by atoms with E-state index in [-0.39, 0.29) is 5.16 Å². The topological polar surface area (TPSA) is 21.6 Å². The van der Waals surface area contributed by atoms with Gasteiger partial charge in [-0.3, -0.25) is 4.99 Å². The highest BCUT2D eigenvalue weighted by atomic mass is 31.1. The minimum atomic E-state index is -0.0561. The van der Waals surface area contributed by atoms with Crippen molar-refractivity contribution in [2.45, 2.75) is 45.9 Å². The largest absolute Gasteiger partial charge is 0.488 e. The second-order valence-electron chi connectivity index (χ2n) is 9.17. The number of aryl methyl sites for hydroxylation is 2. The van der Waals surface area contributed by atoms with E-state index in [2.05, 4.69) is 88.4 Å². The van der Waals surface area contributed by atoms with E-state index in [1.165, 1.54) is 33.1 Å². The first kappa shape index (κ1) is 24.9. The third-order valence-electron chi connectivity index (χ3n) is 6.55. The van der Waals surface area contributed by atoms with Gasteiger partial charge < -0.3 is 4.74 Å². The molecular weight excluding hydrogens is 445 g/mol. The van der Waals surface area contributed by atoms with Gasteiger partial charge in [-0.25, -0.2) is 0 Å². The number of hydrogen-bond donors (Lipinski definition) is 0. The fourth-order valence-corrected chi connectivity index (χ4v) is 5.89. The average Bonchev–Trinajstić information content (AvgIpc) is 2.89. The van der Waals surface area contributed by atoms with Gasteiger partial charge in [-0.05, 0) is 54.4 Å². The molecule has 178 valence electrons. The zero-order valence-corrected chi connectivity index (χ0v) is 22.1. The fourth-order valence-electron chi connectivity index (χ4n) is 4.26. The summed E-state index contributed by atoms with van der Waals surface area (Å²) in [6.07, 6.45) is 3.03. The van der Waals surface area contributed by atoms with Crippen molar-refractivity contribution >= 4 is 25.8 Å². The summed E-state index contributed by atoms with van der Waals surface area (Å²) in [5.74, 6) is 1.02. The van der Waals surface area contributed by atoms with Gasteiger partial charge in [0, 0.05) is 22.5 Å². The van der Waals surface area contributed by atoms with Gasteiger partial charge in [0.1, 0.15) is 12.4 Å². The van der Waals surface area contributed by atoms with Crippen molar-refractivity contribution in [1.29, 1.82) is 0 Å². The number of para-hydroxylation sites is 2. The molecule has 0 aliphatic rings. The molecule has 3 heteroatoms. The second kappa shape index (κ2) is 11.5. The van der Waals surface area contributed by atoms with Crippen LogP contribution in [0.25, 0.3) is 0 Å². The number of rotatable bonds is 9. The van der Waals surface area contributed by atoms with Gasteiger partial charge in [0.25, 0.3) is 0 Å². The van der Waals surface area contributed by atoms with E-state index in [0.717, 1.165) is 17.9 Å². The standard InChI is InChI=1S/C32H34NOP/c1-5-32(4,29-21-13-14-24(2)30(29)34-23-26-16-8-6-9-17-26)35-31-25(3)15-12-18-27(31)22-33-28-19-10-7-11-20-28/h6-22,35H,5,23H2,1-4H3. The molecule has 35 heavy (non-hydrogen) atoms. The predicted octanol–water partition coefficient (Wildman–Crippen LogP) is 8.26.